The number of benzene rings is 4. The summed E-state index contributed by atoms with van der Waals surface area (Å²) in [6.45, 7) is 0. The summed E-state index contributed by atoms with van der Waals surface area (Å²) < 4.78 is 163. The second-order valence-electron chi connectivity index (χ2n) is 17.5. The molecule has 1 heterocycles. The number of aliphatic imine (C=N–C) groups is 4. The summed E-state index contributed by atoms with van der Waals surface area (Å²) in [4.78, 5) is 19.5. The number of hydrogen-bond acceptors (Lipinski definition) is 12. The molecule has 76 heavy (non-hydrogen) atoms. The van der Waals surface area contributed by atoms with E-state index in [1.165, 1.54) is 79.3 Å². The molecule has 1 unspecified atom stereocenters. The van der Waals surface area contributed by atoms with Gasteiger partial charge in [-0.15, -0.1) is 0 Å². The number of allylic oxidation sites excluding steroid dienone is 6. The highest BCUT2D eigenvalue weighted by atomic mass is 19.4. The highest BCUT2D eigenvalue weighted by Crippen LogP contribution is 2.39. The Morgan fingerprint density at radius 1 is 0.526 bits per heavy atom. The molecule has 4 aliphatic carbocycles. The first kappa shape index (κ1) is 51.9. The van der Waals surface area contributed by atoms with E-state index in [1.54, 1.807) is 0 Å². The van der Waals surface area contributed by atoms with Crippen LogP contribution in [0.3, 0.4) is 0 Å². The Hall–Kier alpha value is -8.96. The molecule has 4 aromatic rings. The van der Waals surface area contributed by atoms with Gasteiger partial charge in [0, 0.05) is 41.3 Å². The largest absolute Gasteiger partial charge is 0.416 e. The monoisotopic (exact) mass is 1060 g/mol. The number of fused-ring (bicyclic) bond motifs is 6. The van der Waals surface area contributed by atoms with E-state index in [1.807, 2.05) is 0 Å². The normalized spacial score (nSPS) is 18.5. The Morgan fingerprint density at radius 2 is 1.01 bits per heavy atom. The Morgan fingerprint density at radius 3 is 1.54 bits per heavy atom. The molecule has 1 atom stereocenters. The van der Waals surface area contributed by atoms with Crippen LogP contribution < -0.4 is 32.7 Å². The molecule has 5 aliphatic rings. The van der Waals surface area contributed by atoms with Crippen LogP contribution in [-0.4, -0.2) is 40.3 Å². The number of rotatable bonds is 8. The van der Waals surface area contributed by atoms with E-state index < -0.39 is 53.0 Å². The molecule has 0 saturated heterocycles. The summed E-state index contributed by atoms with van der Waals surface area (Å²) in [7, 11) is 0. The van der Waals surface area contributed by atoms with Crippen LogP contribution in [0.15, 0.2) is 187 Å². The minimum Gasteiger partial charge on any atom is -0.397 e. The second kappa shape index (κ2) is 19.7. The van der Waals surface area contributed by atoms with Crippen LogP contribution >= 0.6 is 0 Å². The number of nitrogens with one attached hydrogen (secondary N) is 6. The molecular weight excluding hydrogens is 1020 g/mol. The van der Waals surface area contributed by atoms with E-state index in [9.17, 15) is 52.7 Å². The lowest BCUT2D eigenvalue weighted by molar-refractivity contribution is -0.138. The lowest BCUT2D eigenvalue weighted by Gasteiger charge is -2.30. The average molecular weight is 1060 g/mol. The fraction of sp³-hybridized carbons (Fsp3) is 0.154. The summed E-state index contributed by atoms with van der Waals surface area (Å²) in [5.41, 5.74) is 10.6. The van der Waals surface area contributed by atoms with Gasteiger partial charge in [0.2, 0.25) is 5.71 Å². The number of hydrogen-bond donors (Lipinski definition) is 8. The molecule has 0 saturated carbocycles. The molecule has 1 aliphatic heterocycles. The summed E-state index contributed by atoms with van der Waals surface area (Å²) in [5.74, 6) is 0. The van der Waals surface area contributed by atoms with Crippen LogP contribution in [0, 0.1) is 23.3 Å². The van der Waals surface area contributed by atoms with Gasteiger partial charge in [-0.05, 0) is 109 Å². The smallest absolute Gasteiger partial charge is 0.397 e. The Labute approximate surface area is 423 Å². The van der Waals surface area contributed by atoms with E-state index in [-0.39, 0.29) is 122 Å². The van der Waals surface area contributed by atoms with Gasteiger partial charge in [-0.2, -0.15) is 57.7 Å². The van der Waals surface area contributed by atoms with Gasteiger partial charge >= 0.3 is 24.7 Å². The van der Waals surface area contributed by atoms with Crippen molar-refractivity contribution in [3.63, 3.8) is 0 Å². The fourth-order valence-corrected chi connectivity index (χ4v) is 8.23. The Bertz CT molecular complexity index is 3330. The first-order chi connectivity index (χ1) is 35.7. The van der Waals surface area contributed by atoms with Gasteiger partial charge in [0.1, 0.15) is 18.6 Å². The van der Waals surface area contributed by atoms with Crippen LogP contribution in [-0.2, 0) is 24.7 Å². The first-order valence-corrected chi connectivity index (χ1v) is 22.6. The van der Waals surface area contributed by atoms with Crippen molar-refractivity contribution < 1.29 is 52.7 Å². The van der Waals surface area contributed by atoms with Gasteiger partial charge < -0.3 is 27.4 Å². The van der Waals surface area contributed by atoms with Crippen molar-refractivity contribution in [1.82, 2.24) is 0 Å². The predicted octanol–water partition coefficient (Wildman–Crippen LogP) is 12.5. The van der Waals surface area contributed by atoms with Crippen LogP contribution in [0.5, 0.6) is 0 Å². The van der Waals surface area contributed by atoms with Crippen molar-refractivity contribution in [2.75, 3.05) is 21.3 Å². The molecular formula is C52H38F12N12+2. The van der Waals surface area contributed by atoms with Gasteiger partial charge in [0.25, 0.3) is 5.70 Å². The number of anilines is 4. The lowest BCUT2D eigenvalue weighted by Crippen LogP contribution is -2.36. The Kier molecular flexibility index (Phi) is 13.5. The Balaban J connectivity index is 1.23. The number of nitrogens with zero attached hydrogens (tertiary/aromatic N) is 4. The maximum Gasteiger partial charge on any atom is 0.416 e. The molecule has 388 valence electrons. The summed E-state index contributed by atoms with van der Waals surface area (Å²) in [6.07, 6.45) is -12.5. The highest BCUT2D eigenvalue weighted by molar-refractivity contribution is 6.56. The summed E-state index contributed by atoms with van der Waals surface area (Å²) in [5, 5.41) is 30.5. The van der Waals surface area contributed by atoms with E-state index in [2.05, 4.69) is 21.3 Å². The third kappa shape index (κ3) is 11.7. The summed E-state index contributed by atoms with van der Waals surface area (Å²) >= 11 is 0. The molecule has 8 bridgehead atoms. The topological polar surface area (TPSA) is 197 Å². The molecule has 9 rings (SSSR count). The van der Waals surface area contributed by atoms with Crippen molar-refractivity contribution in [3.05, 3.63) is 202 Å². The molecule has 24 heteroatoms. The summed E-state index contributed by atoms with van der Waals surface area (Å²) in [6, 6.07) is 15.6. The molecule has 0 spiro atoms. The number of halogens is 12. The lowest BCUT2D eigenvalue weighted by atomic mass is 9.91. The standard InChI is InChI=1S/C52H38F12N12/c53-49(54,55)25-1-9-29(10-2-25)69-41-21-42(70-30-11-3-26(4-12-30)50(56,57)58)46-23-45(41)73-37-19-38(34(66)17-33(37)65)75-47-24-48(76-40-20-39(74-46)35(67)18-36(40)68)44(72-32-15-7-28(8-16-32)52(62,63)64)22-43(47)71-31-13-5-27(6-14-31)51(59,60)61/h1-20,23,43,66-67,69-72H,21-22,24,65,68H2/q+2. The SMILES string of the molecule is N=C1C=C(N)C2=NC3=C(Nc4ccc(C(F)(F)F)cc4)C[C+](Nc4ccc(C(F)(F)F)cc4)C(=C3)N=C3[CH+]C(=NC4=C(Nc5ccc(C(F)(F)F)cc5)CC(Nc5ccc(C(F)(F)F)cc5)C(=NC1=C2)C4)C(N)=CC3=N. The van der Waals surface area contributed by atoms with E-state index in [4.69, 9.17) is 42.3 Å². The van der Waals surface area contributed by atoms with E-state index in [0.29, 0.717) is 5.70 Å². The quantitative estimate of drug-likeness (QED) is 0.0491. The molecule has 10 N–H and O–H groups in total. The fourth-order valence-electron chi connectivity index (χ4n) is 8.23. The van der Waals surface area contributed by atoms with Crippen molar-refractivity contribution >= 4 is 57.0 Å². The van der Waals surface area contributed by atoms with Crippen LogP contribution in [0.4, 0.5) is 75.4 Å². The average Bonchev–Trinajstić information content (AvgIpc) is 3.35. The van der Waals surface area contributed by atoms with E-state index in [0.717, 1.165) is 48.5 Å². The van der Waals surface area contributed by atoms with Crippen molar-refractivity contribution in [3.8, 4) is 0 Å². The second-order valence-corrected chi connectivity index (χ2v) is 17.5. The molecule has 0 fully saturated rings. The van der Waals surface area contributed by atoms with Crippen molar-refractivity contribution in [2.45, 2.75) is 50.0 Å². The van der Waals surface area contributed by atoms with Gasteiger partial charge in [-0.1, -0.05) is 0 Å². The number of alkyl halides is 12. The molecule has 0 radical (unpaired) electrons. The third-order valence-electron chi connectivity index (χ3n) is 12.1. The molecule has 4 aromatic carbocycles. The van der Waals surface area contributed by atoms with Crippen LogP contribution in [0.2, 0.25) is 0 Å². The van der Waals surface area contributed by atoms with Gasteiger partial charge in [0.15, 0.2) is 28.9 Å². The minimum atomic E-state index is -4.66. The maximum atomic E-state index is 13.6. The highest BCUT2D eigenvalue weighted by Gasteiger charge is 2.40. The van der Waals surface area contributed by atoms with Gasteiger partial charge in [-0.25, -0.2) is 15.4 Å². The van der Waals surface area contributed by atoms with Gasteiger partial charge in [-0.3, -0.25) is 15.7 Å². The molecule has 0 aromatic heterocycles. The number of nitrogens with two attached hydrogens (primary N) is 2. The minimum absolute atomic E-state index is 0.0167. The van der Waals surface area contributed by atoms with Crippen LogP contribution in [0.1, 0.15) is 41.5 Å². The zero-order chi connectivity index (χ0) is 54.5. The molecule has 0 amide bonds. The predicted molar refractivity (Wildman–Crippen MR) is 265 cm³/mol. The zero-order valence-electron chi connectivity index (χ0n) is 38.8. The third-order valence-corrected chi connectivity index (χ3v) is 12.1. The van der Waals surface area contributed by atoms with Crippen molar-refractivity contribution in [1.29, 1.82) is 10.8 Å². The molecule has 12 nitrogen and oxygen atoms in total. The van der Waals surface area contributed by atoms with Crippen LogP contribution in [0.25, 0.3) is 0 Å². The maximum absolute atomic E-state index is 13.6. The van der Waals surface area contributed by atoms with Gasteiger partial charge in [0.05, 0.1) is 74.6 Å². The van der Waals surface area contributed by atoms with E-state index >= 15 is 0 Å². The first-order valence-electron chi connectivity index (χ1n) is 22.6. The van der Waals surface area contributed by atoms with Crippen molar-refractivity contribution in [2.24, 2.45) is 31.4 Å². The zero-order valence-corrected chi connectivity index (χ0v) is 38.8.